The first-order chi connectivity index (χ1) is 12.6. The normalized spacial score (nSPS) is 19.7. The van der Waals surface area contributed by atoms with E-state index in [0.717, 1.165) is 12.0 Å². The highest BCUT2D eigenvalue weighted by Gasteiger charge is 2.42. The minimum atomic E-state index is -0.438. The lowest BCUT2D eigenvalue weighted by Gasteiger charge is -2.28. The molecule has 0 bridgehead atoms. The van der Waals surface area contributed by atoms with Gasteiger partial charge >= 0.3 is 0 Å². The molecule has 6 heteroatoms. The molecule has 0 saturated carbocycles. The van der Waals surface area contributed by atoms with Gasteiger partial charge in [0.1, 0.15) is 11.4 Å². The summed E-state index contributed by atoms with van der Waals surface area (Å²) in [6.45, 7) is 4.92. The molecule has 1 fully saturated rings. The van der Waals surface area contributed by atoms with E-state index in [1.807, 2.05) is 47.8 Å². The van der Waals surface area contributed by atoms with Gasteiger partial charge in [-0.05, 0) is 29.3 Å². The molecule has 1 aliphatic heterocycles. The van der Waals surface area contributed by atoms with E-state index in [0.29, 0.717) is 23.1 Å². The van der Waals surface area contributed by atoms with E-state index in [9.17, 15) is 9.59 Å². The molecule has 2 amide bonds. The Kier molecular flexibility index (Phi) is 6.38. The van der Waals surface area contributed by atoms with E-state index in [4.69, 9.17) is 0 Å². The lowest BCUT2D eigenvalue weighted by atomic mass is 10.1. The molecular formula is C20H24N2O2S2. The maximum Gasteiger partial charge on any atom is 0.265 e. The van der Waals surface area contributed by atoms with Gasteiger partial charge in [0, 0.05) is 12.3 Å². The van der Waals surface area contributed by atoms with Gasteiger partial charge < -0.3 is 10.2 Å². The Morgan fingerprint density at radius 2 is 1.96 bits per heavy atom. The smallest absolute Gasteiger partial charge is 0.265 e. The predicted molar refractivity (Wildman–Crippen MR) is 108 cm³/mol. The van der Waals surface area contributed by atoms with E-state index in [1.165, 1.54) is 11.3 Å². The highest BCUT2D eigenvalue weighted by atomic mass is 32.2. The Labute approximate surface area is 163 Å². The first kappa shape index (κ1) is 19.0. The summed E-state index contributed by atoms with van der Waals surface area (Å²) in [5.74, 6) is 1.03. The van der Waals surface area contributed by atoms with Crippen molar-refractivity contribution < 1.29 is 9.59 Å². The van der Waals surface area contributed by atoms with Gasteiger partial charge in [-0.3, -0.25) is 9.59 Å². The minimum Gasteiger partial charge on any atom is -0.354 e. The van der Waals surface area contributed by atoms with Crippen LogP contribution in [-0.4, -0.2) is 35.1 Å². The molecule has 0 aliphatic carbocycles. The lowest BCUT2D eigenvalue weighted by molar-refractivity contribution is -0.124. The SMILES string of the molecule is CC(C)CCNC(=O)C1CSC(c2ccccc2)N1C(=O)c1cccs1. The van der Waals surface area contributed by atoms with Crippen LogP contribution in [-0.2, 0) is 4.79 Å². The second-order valence-electron chi connectivity index (χ2n) is 6.78. The van der Waals surface area contributed by atoms with Crippen LogP contribution >= 0.6 is 23.1 Å². The van der Waals surface area contributed by atoms with Crippen molar-refractivity contribution in [2.24, 2.45) is 5.92 Å². The number of hydrogen-bond donors (Lipinski definition) is 1. The highest BCUT2D eigenvalue weighted by Crippen LogP contribution is 2.42. The van der Waals surface area contributed by atoms with Crippen molar-refractivity contribution in [2.45, 2.75) is 31.7 Å². The van der Waals surface area contributed by atoms with E-state index < -0.39 is 6.04 Å². The molecule has 0 spiro atoms. The van der Waals surface area contributed by atoms with Gasteiger partial charge in [0.2, 0.25) is 5.91 Å². The molecule has 3 rings (SSSR count). The average Bonchev–Trinajstić information content (AvgIpc) is 3.31. The highest BCUT2D eigenvalue weighted by molar-refractivity contribution is 7.99. The summed E-state index contributed by atoms with van der Waals surface area (Å²) >= 11 is 3.07. The number of thiophene rings is 1. The number of rotatable bonds is 6. The van der Waals surface area contributed by atoms with Gasteiger partial charge in [-0.1, -0.05) is 50.2 Å². The maximum atomic E-state index is 13.1. The zero-order valence-corrected chi connectivity index (χ0v) is 16.7. The molecule has 26 heavy (non-hydrogen) atoms. The van der Waals surface area contributed by atoms with E-state index in [-0.39, 0.29) is 17.2 Å². The number of nitrogens with one attached hydrogen (secondary N) is 1. The molecule has 2 heterocycles. The van der Waals surface area contributed by atoms with Gasteiger partial charge in [0.25, 0.3) is 5.91 Å². The van der Waals surface area contributed by atoms with Crippen LogP contribution in [0.15, 0.2) is 47.8 Å². The molecule has 1 aromatic heterocycles. The molecule has 0 radical (unpaired) electrons. The zero-order valence-electron chi connectivity index (χ0n) is 15.1. The van der Waals surface area contributed by atoms with Gasteiger partial charge in [0.15, 0.2) is 0 Å². The molecule has 4 nitrogen and oxygen atoms in total. The Morgan fingerprint density at radius 1 is 1.19 bits per heavy atom. The van der Waals surface area contributed by atoms with Crippen LogP contribution in [0.5, 0.6) is 0 Å². The summed E-state index contributed by atoms with van der Waals surface area (Å²) in [5, 5.41) is 4.78. The third kappa shape index (κ3) is 4.30. The summed E-state index contributed by atoms with van der Waals surface area (Å²) in [6.07, 6.45) is 0.937. The molecule has 1 aromatic carbocycles. The van der Waals surface area contributed by atoms with Crippen molar-refractivity contribution >= 4 is 34.9 Å². The molecule has 1 N–H and O–H groups in total. The van der Waals surface area contributed by atoms with Crippen LogP contribution in [0, 0.1) is 5.92 Å². The summed E-state index contributed by atoms with van der Waals surface area (Å²) in [7, 11) is 0. The van der Waals surface area contributed by atoms with Crippen LogP contribution in [0.2, 0.25) is 0 Å². The number of thioether (sulfide) groups is 1. The summed E-state index contributed by atoms with van der Waals surface area (Å²) in [5.41, 5.74) is 1.06. The number of nitrogens with zero attached hydrogens (tertiary/aromatic N) is 1. The van der Waals surface area contributed by atoms with Crippen LogP contribution in [0.3, 0.4) is 0 Å². The molecule has 1 saturated heterocycles. The van der Waals surface area contributed by atoms with E-state index in [1.54, 1.807) is 16.7 Å². The topological polar surface area (TPSA) is 49.4 Å². The van der Waals surface area contributed by atoms with Crippen LogP contribution in [0.1, 0.15) is 40.9 Å². The van der Waals surface area contributed by atoms with Crippen molar-refractivity contribution in [3.05, 3.63) is 58.3 Å². The third-order valence-corrected chi connectivity index (χ3v) is 6.56. The molecule has 1 aliphatic rings. The fraction of sp³-hybridized carbons (Fsp3) is 0.400. The first-order valence-corrected chi connectivity index (χ1v) is 10.8. The fourth-order valence-corrected chi connectivity index (χ4v) is 5.06. The predicted octanol–water partition coefficient (Wildman–Crippen LogP) is 4.17. The molecule has 2 aromatic rings. The monoisotopic (exact) mass is 388 g/mol. The maximum absolute atomic E-state index is 13.1. The average molecular weight is 389 g/mol. The van der Waals surface area contributed by atoms with Crippen molar-refractivity contribution in [3.8, 4) is 0 Å². The molecule has 2 unspecified atom stereocenters. The Balaban J connectivity index is 1.82. The second-order valence-corrected chi connectivity index (χ2v) is 8.84. The second kappa shape index (κ2) is 8.73. The third-order valence-electron chi connectivity index (χ3n) is 4.38. The quantitative estimate of drug-likeness (QED) is 0.808. The van der Waals surface area contributed by atoms with E-state index in [2.05, 4.69) is 19.2 Å². The number of benzene rings is 1. The van der Waals surface area contributed by atoms with Crippen molar-refractivity contribution in [3.63, 3.8) is 0 Å². The van der Waals surface area contributed by atoms with Gasteiger partial charge in [-0.25, -0.2) is 0 Å². The standard InChI is InChI=1S/C20H24N2O2S2/c1-14(2)10-11-21-18(23)16-13-26-20(15-7-4-3-5-8-15)22(16)19(24)17-9-6-12-25-17/h3-9,12,14,16,20H,10-11,13H2,1-2H3,(H,21,23). The number of carbonyl (C=O) groups excluding carboxylic acids is 2. The van der Waals surface area contributed by atoms with E-state index >= 15 is 0 Å². The van der Waals surface area contributed by atoms with Gasteiger partial charge in [0.05, 0.1) is 4.88 Å². The fourth-order valence-electron chi connectivity index (χ4n) is 2.96. The van der Waals surface area contributed by atoms with Crippen LogP contribution < -0.4 is 5.32 Å². The summed E-state index contributed by atoms with van der Waals surface area (Å²) in [6, 6.07) is 13.2. The Morgan fingerprint density at radius 3 is 2.62 bits per heavy atom. The molecule has 2 atom stereocenters. The lowest BCUT2D eigenvalue weighted by Crippen LogP contribution is -2.48. The number of hydrogen-bond acceptors (Lipinski definition) is 4. The van der Waals surface area contributed by atoms with Crippen molar-refractivity contribution in [1.82, 2.24) is 10.2 Å². The largest absolute Gasteiger partial charge is 0.354 e. The molecule has 138 valence electrons. The first-order valence-electron chi connectivity index (χ1n) is 8.88. The Bertz CT molecular complexity index is 732. The Hall–Kier alpha value is -1.79. The van der Waals surface area contributed by atoms with Crippen molar-refractivity contribution in [1.29, 1.82) is 0 Å². The number of carbonyl (C=O) groups is 2. The summed E-state index contributed by atoms with van der Waals surface area (Å²) in [4.78, 5) is 28.3. The van der Waals surface area contributed by atoms with Crippen molar-refractivity contribution in [2.75, 3.05) is 12.3 Å². The molecular weight excluding hydrogens is 364 g/mol. The van der Waals surface area contributed by atoms with Crippen LogP contribution in [0.25, 0.3) is 0 Å². The van der Waals surface area contributed by atoms with Crippen LogP contribution in [0.4, 0.5) is 0 Å². The van der Waals surface area contributed by atoms with Gasteiger partial charge in [-0.2, -0.15) is 0 Å². The van der Waals surface area contributed by atoms with Gasteiger partial charge in [-0.15, -0.1) is 23.1 Å². The zero-order chi connectivity index (χ0) is 18.5. The summed E-state index contributed by atoms with van der Waals surface area (Å²) < 4.78 is 0. The minimum absolute atomic E-state index is 0.0542. The number of amides is 2.